The zero-order valence-corrected chi connectivity index (χ0v) is 9.77. The van der Waals surface area contributed by atoms with E-state index in [4.69, 9.17) is 0 Å². The highest BCUT2D eigenvalue weighted by atomic mass is 32.2. The van der Waals surface area contributed by atoms with Crippen molar-refractivity contribution < 1.29 is 13.2 Å². The number of amides is 1. The fourth-order valence-corrected chi connectivity index (χ4v) is 1.62. The van der Waals surface area contributed by atoms with Crippen LogP contribution < -0.4 is 10.6 Å². The van der Waals surface area contributed by atoms with E-state index in [-0.39, 0.29) is 18.2 Å². The van der Waals surface area contributed by atoms with Crippen LogP contribution in [-0.4, -0.2) is 46.0 Å². The van der Waals surface area contributed by atoms with Crippen LogP contribution in [0.3, 0.4) is 0 Å². The van der Waals surface area contributed by atoms with E-state index in [1.54, 1.807) is 0 Å². The van der Waals surface area contributed by atoms with Crippen molar-refractivity contribution in [3.8, 4) is 0 Å². The van der Waals surface area contributed by atoms with E-state index in [1.807, 2.05) is 0 Å². The normalized spacial score (nSPS) is 16.3. The molecule has 1 saturated carbocycles. The van der Waals surface area contributed by atoms with Gasteiger partial charge in [-0.3, -0.25) is 4.79 Å². The molecule has 1 amide bonds. The maximum atomic E-state index is 11.2. The Balaban J connectivity index is 1.96. The Morgan fingerprint density at radius 2 is 2.07 bits per heavy atom. The summed E-state index contributed by atoms with van der Waals surface area (Å²) in [6.45, 7) is 1.28. The Labute approximate surface area is 90.5 Å². The minimum absolute atomic E-state index is 0.0598. The Kier molecular flexibility index (Phi) is 4.53. The molecule has 5 nitrogen and oxygen atoms in total. The van der Waals surface area contributed by atoms with Gasteiger partial charge in [-0.2, -0.15) is 0 Å². The topological polar surface area (TPSA) is 75.3 Å². The van der Waals surface area contributed by atoms with Crippen LogP contribution in [0, 0.1) is 5.92 Å². The van der Waals surface area contributed by atoms with Gasteiger partial charge in [-0.15, -0.1) is 0 Å². The van der Waals surface area contributed by atoms with E-state index in [9.17, 15) is 13.2 Å². The highest BCUT2D eigenvalue weighted by molar-refractivity contribution is 7.90. The number of carbonyl (C=O) groups excluding carboxylic acids is 1. The molecule has 15 heavy (non-hydrogen) atoms. The third-order valence-electron chi connectivity index (χ3n) is 2.22. The Hall–Kier alpha value is -0.620. The molecule has 0 radical (unpaired) electrons. The molecule has 0 aromatic carbocycles. The average molecular weight is 234 g/mol. The maximum absolute atomic E-state index is 11.2. The van der Waals surface area contributed by atoms with Crippen molar-refractivity contribution in [3.05, 3.63) is 0 Å². The summed E-state index contributed by atoms with van der Waals surface area (Å²) in [6, 6.07) is 0. The van der Waals surface area contributed by atoms with Crippen molar-refractivity contribution in [1.82, 2.24) is 10.6 Å². The van der Waals surface area contributed by atoms with E-state index in [0.29, 0.717) is 12.5 Å². The number of nitrogens with one attached hydrogen (secondary N) is 2. The molecule has 88 valence electrons. The van der Waals surface area contributed by atoms with E-state index in [0.717, 1.165) is 6.54 Å². The molecule has 1 aliphatic carbocycles. The van der Waals surface area contributed by atoms with Crippen molar-refractivity contribution in [3.63, 3.8) is 0 Å². The van der Waals surface area contributed by atoms with Gasteiger partial charge in [-0.1, -0.05) is 0 Å². The molecule has 2 N–H and O–H groups in total. The van der Waals surface area contributed by atoms with Gasteiger partial charge < -0.3 is 10.6 Å². The summed E-state index contributed by atoms with van der Waals surface area (Å²) in [5.41, 5.74) is 0. The number of rotatable bonds is 7. The van der Waals surface area contributed by atoms with Gasteiger partial charge in [0.25, 0.3) is 0 Å². The quantitative estimate of drug-likeness (QED) is 0.563. The van der Waals surface area contributed by atoms with Crippen LogP contribution in [0.1, 0.15) is 12.8 Å². The van der Waals surface area contributed by atoms with Crippen LogP contribution >= 0.6 is 0 Å². The van der Waals surface area contributed by atoms with E-state index < -0.39 is 9.84 Å². The molecular formula is C9H18N2O3S. The standard InChI is InChI=1S/C9H18N2O3S/c1-15(13,14)5-4-10-7-9(12)11-6-8-2-3-8/h8,10H,2-7H2,1H3,(H,11,12). The largest absolute Gasteiger partial charge is 0.355 e. The van der Waals surface area contributed by atoms with E-state index in [1.165, 1.54) is 19.1 Å². The van der Waals surface area contributed by atoms with Crippen LogP contribution in [0.25, 0.3) is 0 Å². The molecule has 0 atom stereocenters. The van der Waals surface area contributed by atoms with Gasteiger partial charge >= 0.3 is 0 Å². The van der Waals surface area contributed by atoms with Crippen LogP contribution in [0.2, 0.25) is 0 Å². The summed E-state index contributed by atoms with van der Waals surface area (Å²) in [4.78, 5) is 11.2. The predicted octanol–water partition coefficient (Wildman–Crippen LogP) is -0.853. The average Bonchev–Trinajstić information content (AvgIpc) is 2.91. The molecule has 6 heteroatoms. The second-order valence-corrected chi connectivity index (χ2v) is 6.31. The predicted molar refractivity (Wildman–Crippen MR) is 58.3 cm³/mol. The van der Waals surface area contributed by atoms with Crippen LogP contribution in [0.15, 0.2) is 0 Å². The SMILES string of the molecule is CS(=O)(=O)CCNCC(=O)NCC1CC1. The van der Waals surface area contributed by atoms with Crippen LogP contribution in [0.4, 0.5) is 0 Å². The molecule has 0 heterocycles. The molecule has 0 saturated heterocycles. The second kappa shape index (κ2) is 5.46. The minimum Gasteiger partial charge on any atom is -0.355 e. The second-order valence-electron chi connectivity index (χ2n) is 4.05. The fourth-order valence-electron chi connectivity index (χ4n) is 1.10. The lowest BCUT2D eigenvalue weighted by atomic mass is 10.4. The zero-order chi connectivity index (χ0) is 11.3. The van der Waals surface area contributed by atoms with Crippen molar-refractivity contribution in [2.75, 3.05) is 31.6 Å². The Morgan fingerprint density at radius 3 is 2.60 bits per heavy atom. The molecule has 0 aliphatic heterocycles. The molecule has 0 aromatic heterocycles. The number of hydrogen-bond donors (Lipinski definition) is 2. The maximum Gasteiger partial charge on any atom is 0.233 e. The third-order valence-corrected chi connectivity index (χ3v) is 3.17. The first kappa shape index (κ1) is 12.4. The fraction of sp³-hybridized carbons (Fsp3) is 0.889. The first-order valence-electron chi connectivity index (χ1n) is 5.12. The monoisotopic (exact) mass is 234 g/mol. The number of sulfone groups is 1. The first-order valence-corrected chi connectivity index (χ1v) is 7.18. The summed E-state index contributed by atoms with van der Waals surface area (Å²) in [6.07, 6.45) is 3.60. The molecule has 1 aliphatic rings. The summed E-state index contributed by atoms with van der Waals surface area (Å²) in [7, 11) is -2.93. The van der Waals surface area contributed by atoms with Gasteiger partial charge in [0.05, 0.1) is 12.3 Å². The third kappa shape index (κ3) is 7.33. The van der Waals surface area contributed by atoms with Gasteiger partial charge in [0.2, 0.25) is 5.91 Å². The zero-order valence-electron chi connectivity index (χ0n) is 8.95. The minimum atomic E-state index is -2.93. The summed E-state index contributed by atoms with van der Waals surface area (Å²) >= 11 is 0. The van der Waals surface area contributed by atoms with Gasteiger partial charge in [0.15, 0.2) is 0 Å². The molecule has 0 spiro atoms. The number of hydrogen-bond acceptors (Lipinski definition) is 4. The van der Waals surface area contributed by atoms with Gasteiger partial charge in [0, 0.05) is 19.3 Å². The molecule has 0 bridgehead atoms. The molecule has 0 aromatic rings. The number of carbonyl (C=O) groups is 1. The van der Waals surface area contributed by atoms with Gasteiger partial charge in [-0.25, -0.2) is 8.42 Å². The lowest BCUT2D eigenvalue weighted by molar-refractivity contribution is -0.120. The first-order chi connectivity index (χ1) is 6.97. The molecule has 1 fully saturated rings. The van der Waals surface area contributed by atoms with Gasteiger partial charge in [-0.05, 0) is 18.8 Å². The Morgan fingerprint density at radius 1 is 1.40 bits per heavy atom. The Bertz CT molecular complexity index is 309. The molecular weight excluding hydrogens is 216 g/mol. The smallest absolute Gasteiger partial charge is 0.233 e. The van der Waals surface area contributed by atoms with Crippen molar-refractivity contribution >= 4 is 15.7 Å². The van der Waals surface area contributed by atoms with Crippen LogP contribution in [-0.2, 0) is 14.6 Å². The van der Waals surface area contributed by atoms with Crippen LogP contribution in [0.5, 0.6) is 0 Å². The highest BCUT2D eigenvalue weighted by Crippen LogP contribution is 2.27. The highest BCUT2D eigenvalue weighted by Gasteiger charge is 2.21. The van der Waals surface area contributed by atoms with Crippen molar-refractivity contribution in [1.29, 1.82) is 0 Å². The lowest BCUT2D eigenvalue weighted by Crippen LogP contribution is -2.36. The van der Waals surface area contributed by atoms with E-state index >= 15 is 0 Å². The summed E-state index contributed by atoms with van der Waals surface area (Å²) < 4.78 is 21.5. The van der Waals surface area contributed by atoms with E-state index in [2.05, 4.69) is 10.6 Å². The summed E-state index contributed by atoms with van der Waals surface area (Å²) in [5.74, 6) is 0.684. The summed E-state index contributed by atoms with van der Waals surface area (Å²) in [5, 5.41) is 5.59. The van der Waals surface area contributed by atoms with Gasteiger partial charge in [0.1, 0.15) is 9.84 Å². The van der Waals surface area contributed by atoms with Crippen molar-refractivity contribution in [2.24, 2.45) is 5.92 Å². The van der Waals surface area contributed by atoms with Crippen molar-refractivity contribution in [2.45, 2.75) is 12.8 Å². The lowest BCUT2D eigenvalue weighted by Gasteiger charge is -2.05. The molecule has 0 unspecified atom stereocenters. The molecule has 1 rings (SSSR count).